The molecule has 0 heterocycles. The molecule has 0 saturated heterocycles. The van der Waals surface area contributed by atoms with E-state index in [9.17, 15) is 4.79 Å². The molecule has 10 heavy (non-hydrogen) atoms. The molecule has 0 saturated carbocycles. The minimum absolute atomic E-state index is 0.968. The molecule has 56 valence electrons. The Hall–Kier alpha value is -0.770. The van der Waals surface area contributed by atoms with E-state index in [-0.39, 0.29) is 0 Å². The van der Waals surface area contributed by atoms with Gasteiger partial charge in [-0.15, -0.1) is 0 Å². The van der Waals surface area contributed by atoms with Gasteiger partial charge in [-0.3, -0.25) is 0 Å². The zero-order valence-corrected chi connectivity index (χ0v) is 6.52. The third-order valence-electron chi connectivity index (χ3n) is 1.36. The Morgan fingerprint density at radius 1 is 1.30 bits per heavy atom. The van der Waals surface area contributed by atoms with Gasteiger partial charge in [-0.25, -0.2) is 4.79 Å². The molecular weight excluding hydrogens is 124 g/mol. The largest absolute Gasteiger partial charge is 0.224 e. The molecule has 0 unspecified atom stereocenters. The van der Waals surface area contributed by atoms with Gasteiger partial charge < -0.3 is 0 Å². The first-order valence-electron chi connectivity index (χ1n) is 3.86. The van der Waals surface area contributed by atoms with Gasteiger partial charge in [-0.1, -0.05) is 26.2 Å². The summed E-state index contributed by atoms with van der Waals surface area (Å²) in [6, 6.07) is 0. The first-order valence-corrected chi connectivity index (χ1v) is 3.86. The van der Waals surface area contributed by atoms with Crippen LogP contribution in [0.5, 0.6) is 0 Å². The Kier molecular flexibility index (Phi) is 7.60. The summed E-state index contributed by atoms with van der Waals surface area (Å²) in [5, 5.41) is 0. The monoisotopic (exact) mass is 138 g/mol. The second-order valence-corrected chi connectivity index (χ2v) is 2.30. The maximum absolute atomic E-state index is 9.63. The zero-order valence-electron chi connectivity index (χ0n) is 6.52. The van der Waals surface area contributed by atoms with Gasteiger partial charge in [0.05, 0.1) is 0 Å². The smallest absolute Gasteiger partial charge is 0.176 e. The van der Waals surface area contributed by atoms with Crippen LogP contribution in [-0.4, -0.2) is 5.94 Å². The number of hydrogen-bond donors (Lipinski definition) is 0. The van der Waals surface area contributed by atoms with Gasteiger partial charge in [0.2, 0.25) is 0 Å². The average molecular weight is 138 g/mol. The van der Waals surface area contributed by atoms with Crippen molar-refractivity contribution in [3.05, 3.63) is 11.8 Å². The van der Waals surface area contributed by atoms with Gasteiger partial charge >= 0.3 is 0 Å². The highest BCUT2D eigenvalue weighted by Crippen LogP contribution is 2.01. The molecule has 0 aliphatic carbocycles. The van der Waals surface area contributed by atoms with Crippen molar-refractivity contribution < 1.29 is 4.79 Å². The number of unbranched alkanes of at least 4 members (excludes halogenated alkanes) is 4. The quantitative estimate of drug-likeness (QED) is 0.324. The Morgan fingerprint density at radius 3 is 2.70 bits per heavy atom. The molecule has 0 spiro atoms. The van der Waals surface area contributed by atoms with Gasteiger partial charge in [-0.2, -0.15) is 0 Å². The van der Waals surface area contributed by atoms with E-state index in [0.29, 0.717) is 0 Å². The number of hydrogen-bond acceptors (Lipinski definition) is 1. The lowest BCUT2D eigenvalue weighted by Gasteiger charge is -1.91. The lowest BCUT2D eigenvalue weighted by Crippen LogP contribution is -1.72. The predicted octanol–water partition coefficient (Wildman–Crippen LogP) is 2.50. The molecule has 0 atom stereocenters. The van der Waals surface area contributed by atoms with E-state index in [1.807, 2.05) is 0 Å². The van der Waals surface area contributed by atoms with Crippen molar-refractivity contribution in [2.24, 2.45) is 0 Å². The molecule has 0 radical (unpaired) electrons. The molecule has 0 aromatic carbocycles. The molecule has 0 aliphatic heterocycles. The number of carbonyl (C=O) groups excluding carboxylic acids is 1. The van der Waals surface area contributed by atoms with Crippen LogP contribution in [0.4, 0.5) is 0 Å². The number of allylic oxidation sites excluding steroid dienone is 1. The Bertz CT molecular complexity index is 137. The highest BCUT2D eigenvalue weighted by atomic mass is 16.1. The van der Waals surface area contributed by atoms with Gasteiger partial charge in [-0.05, 0) is 24.6 Å². The minimum atomic E-state index is 0.968. The van der Waals surface area contributed by atoms with Crippen LogP contribution in [-0.2, 0) is 4.79 Å². The molecule has 0 N–H and O–H groups in total. The highest BCUT2D eigenvalue weighted by molar-refractivity contribution is 5.43. The third-order valence-corrected chi connectivity index (χ3v) is 1.36. The van der Waals surface area contributed by atoms with Crippen molar-refractivity contribution >= 4 is 5.94 Å². The van der Waals surface area contributed by atoms with E-state index < -0.39 is 0 Å². The lowest BCUT2D eigenvalue weighted by molar-refractivity contribution is 0.569. The SMILES string of the molecule is CCCCCCC=C=C=O. The first kappa shape index (κ1) is 9.23. The fraction of sp³-hybridized carbons (Fsp3) is 0.667. The minimum Gasteiger partial charge on any atom is -0.224 e. The molecule has 0 amide bonds. The predicted molar refractivity (Wildman–Crippen MR) is 42.5 cm³/mol. The van der Waals surface area contributed by atoms with E-state index in [2.05, 4.69) is 12.7 Å². The molecule has 1 nitrogen and oxygen atoms in total. The van der Waals surface area contributed by atoms with E-state index in [1.165, 1.54) is 25.7 Å². The van der Waals surface area contributed by atoms with Crippen LogP contribution in [0.1, 0.15) is 39.0 Å². The number of rotatable bonds is 5. The first-order chi connectivity index (χ1) is 4.91. The molecule has 1 heteroatoms. The fourth-order valence-corrected chi connectivity index (χ4v) is 0.787. The van der Waals surface area contributed by atoms with E-state index in [4.69, 9.17) is 0 Å². The van der Waals surface area contributed by atoms with Crippen molar-refractivity contribution in [1.29, 1.82) is 0 Å². The molecule has 0 aromatic heterocycles. The van der Waals surface area contributed by atoms with Crippen molar-refractivity contribution in [2.75, 3.05) is 0 Å². The molecule has 0 aromatic rings. The van der Waals surface area contributed by atoms with Crippen molar-refractivity contribution in [3.8, 4) is 0 Å². The maximum atomic E-state index is 9.63. The second-order valence-electron chi connectivity index (χ2n) is 2.30. The van der Waals surface area contributed by atoms with E-state index in [1.54, 1.807) is 12.0 Å². The van der Waals surface area contributed by atoms with Crippen LogP contribution in [0.15, 0.2) is 11.8 Å². The maximum Gasteiger partial charge on any atom is 0.176 e. The van der Waals surface area contributed by atoms with E-state index >= 15 is 0 Å². The summed E-state index contributed by atoms with van der Waals surface area (Å²) in [6.07, 6.45) is 7.69. The molecule has 0 bridgehead atoms. The zero-order chi connectivity index (χ0) is 7.66. The Balaban J connectivity index is 3.05. The third kappa shape index (κ3) is 7.23. The van der Waals surface area contributed by atoms with Gasteiger partial charge in [0.1, 0.15) is 0 Å². The van der Waals surface area contributed by atoms with Crippen LogP contribution >= 0.6 is 0 Å². The lowest BCUT2D eigenvalue weighted by atomic mass is 10.1. The summed E-state index contributed by atoms with van der Waals surface area (Å²) < 4.78 is 0. The normalized spacial score (nSPS) is 8.10. The van der Waals surface area contributed by atoms with Crippen LogP contribution in [0.25, 0.3) is 0 Å². The standard InChI is InChI=1S/C9H14O/c1-2-3-4-5-6-7-8-9-10/h7H,2-6H2,1H3. The summed E-state index contributed by atoms with van der Waals surface area (Å²) in [4.78, 5) is 9.63. The summed E-state index contributed by atoms with van der Waals surface area (Å²) in [5.41, 5.74) is 2.39. The molecule has 0 fully saturated rings. The summed E-state index contributed by atoms with van der Waals surface area (Å²) in [7, 11) is 0. The Labute approximate surface area is 62.4 Å². The summed E-state index contributed by atoms with van der Waals surface area (Å²) in [6.45, 7) is 2.18. The van der Waals surface area contributed by atoms with Crippen LogP contribution in [0.3, 0.4) is 0 Å². The van der Waals surface area contributed by atoms with Crippen LogP contribution in [0.2, 0.25) is 0 Å². The van der Waals surface area contributed by atoms with Gasteiger partial charge in [0.25, 0.3) is 0 Å². The Morgan fingerprint density at radius 2 is 2.10 bits per heavy atom. The second kappa shape index (κ2) is 8.23. The average Bonchev–Trinajstić information content (AvgIpc) is 1.97. The molecule has 0 rings (SSSR count). The van der Waals surface area contributed by atoms with Gasteiger partial charge in [0, 0.05) is 0 Å². The topological polar surface area (TPSA) is 17.1 Å². The van der Waals surface area contributed by atoms with E-state index in [0.717, 1.165) is 6.42 Å². The van der Waals surface area contributed by atoms with Gasteiger partial charge in [0.15, 0.2) is 5.94 Å². The van der Waals surface area contributed by atoms with Crippen LogP contribution in [0, 0.1) is 0 Å². The highest BCUT2D eigenvalue weighted by Gasteiger charge is 1.82. The molecular formula is C9H14O. The van der Waals surface area contributed by atoms with Crippen LogP contribution < -0.4 is 0 Å². The summed E-state index contributed by atoms with van der Waals surface area (Å²) >= 11 is 0. The van der Waals surface area contributed by atoms with Crippen molar-refractivity contribution in [2.45, 2.75) is 39.0 Å². The summed E-state index contributed by atoms with van der Waals surface area (Å²) in [5.74, 6) is 1.60. The fourth-order valence-electron chi connectivity index (χ4n) is 0.787. The van der Waals surface area contributed by atoms with Crippen molar-refractivity contribution in [1.82, 2.24) is 0 Å². The van der Waals surface area contributed by atoms with Crippen molar-refractivity contribution in [3.63, 3.8) is 0 Å². The molecule has 0 aliphatic rings.